The van der Waals surface area contributed by atoms with Crippen molar-refractivity contribution in [2.45, 2.75) is 6.04 Å². The van der Waals surface area contributed by atoms with Crippen molar-refractivity contribution in [1.29, 1.82) is 0 Å². The van der Waals surface area contributed by atoms with Crippen molar-refractivity contribution in [2.24, 2.45) is 0 Å². The number of benzene rings is 2. The summed E-state index contributed by atoms with van der Waals surface area (Å²) in [6.07, 6.45) is 0. The number of nitrogens with one attached hydrogen (secondary N) is 1. The van der Waals surface area contributed by atoms with Crippen molar-refractivity contribution in [2.75, 3.05) is 12.4 Å². The quantitative estimate of drug-likeness (QED) is 0.863. The third kappa shape index (κ3) is 4.03. The fourth-order valence-corrected chi connectivity index (χ4v) is 2.45. The SMILES string of the molecule is COc1cccc(NC(C(=O)O)c2cc(Cl)cc(Cl)c2)c1. The van der Waals surface area contributed by atoms with Gasteiger partial charge in [0.15, 0.2) is 6.04 Å². The highest BCUT2D eigenvalue weighted by atomic mass is 35.5. The summed E-state index contributed by atoms with van der Waals surface area (Å²) in [4.78, 5) is 11.5. The van der Waals surface area contributed by atoms with Crippen LogP contribution >= 0.6 is 23.2 Å². The van der Waals surface area contributed by atoms with Gasteiger partial charge in [-0.15, -0.1) is 0 Å². The Balaban J connectivity index is 2.32. The molecule has 1 unspecified atom stereocenters. The highest BCUT2D eigenvalue weighted by Crippen LogP contribution is 2.27. The van der Waals surface area contributed by atoms with Crippen LogP contribution in [0.25, 0.3) is 0 Å². The average Bonchev–Trinajstić information content (AvgIpc) is 2.43. The summed E-state index contributed by atoms with van der Waals surface area (Å²) in [6, 6.07) is 10.7. The Kier molecular flexibility index (Phi) is 4.94. The van der Waals surface area contributed by atoms with E-state index in [2.05, 4.69) is 5.32 Å². The molecule has 0 spiro atoms. The summed E-state index contributed by atoms with van der Waals surface area (Å²) in [7, 11) is 1.55. The zero-order valence-electron chi connectivity index (χ0n) is 11.1. The van der Waals surface area contributed by atoms with Crippen molar-refractivity contribution in [3.63, 3.8) is 0 Å². The van der Waals surface area contributed by atoms with Crippen molar-refractivity contribution >= 4 is 34.9 Å². The molecule has 0 aromatic heterocycles. The normalized spacial score (nSPS) is 11.8. The van der Waals surface area contributed by atoms with E-state index in [0.29, 0.717) is 27.0 Å². The van der Waals surface area contributed by atoms with Gasteiger partial charge in [0.1, 0.15) is 5.75 Å². The molecular formula is C15H13Cl2NO3. The van der Waals surface area contributed by atoms with Gasteiger partial charge in [0.05, 0.1) is 7.11 Å². The van der Waals surface area contributed by atoms with Gasteiger partial charge < -0.3 is 15.2 Å². The smallest absolute Gasteiger partial charge is 0.330 e. The van der Waals surface area contributed by atoms with Crippen LogP contribution in [-0.2, 0) is 4.79 Å². The number of hydrogen-bond acceptors (Lipinski definition) is 3. The third-order valence-electron chi connectivity index (χ3n) is 2.85. The molecule has 0 aliphatic carbocycles. The second-order valence-corrected chi connectivity index (χ2v) is 5.22. The molecule has 6 heteroatoms. The number of rotatable bonds is 5. The van der Waals surface area contributed by atoms with Crippen LogP contribution in [0.3, 0.4) is 0 Å². The van der Waals surface area contributed by atoms with Crippen LogP contribution in [0, 0.1) is 0 Å². The number of carbonyl (C=O) groups is 1. The average molecular weight is 326 g/mol. The first-order valence-corrected chi connectivity index (χ1v) is 6.84. The minimum Gasteiger partial charge on any atom is -0.497 e. The first-order valence-electron chi connectivity index (χ1n) is 6.09. The molecule has 0 bridgehead atoms. The molecule has 0 radical (unpaired) electrons. The summed E-state index contributed by atoms with van der Waals surface area (Å²) in [5.41, 5.74) is 1.10. The maximum atomic E-state index is 11.5. The fourth-order valence-electron chi connectivity index (χ4n) is 1.91. The van der Waals surface area contributed by atoms with E-state index in [4.69, 9.17) is 27.9 Å². The summed E-state index contributed by atoms with van der Waals surface area (Å²) < 4.78 is 5.11. The Morgan fingerprint density at radius 2 is 1.86 bits per heavy atom. The number of ether oxygens (including phenoxy) is 1. The fraction of sp³-hybridized carbons (Fsp3) is 0.133. The molecule has 110 valence electrons. The molecule has 0 saturated heterocycles. The summed E-state index contributed by atoms with van der Waals surface area (Å²) in [5, 5.41) is 13.1. The van der Waals surface area contributed by atoms with Crippen LogP contribution in [0.4, 0.5) is 5.69 Å². The predicted molar refractivity (Wildman–Crippen MR) is 83.5 cm³/mol. The van der Waals surface area contributed by atoms with Gasteiger partial charge in [-0.05, 0) is 35.9 Å². The van der Waals surface area contributed by atoms with E-state index in [0.717, 1.165) is 0 Å². The van der Waals surface area contributed by atoms with Gasteiger partial charge >= 0.3 is 5.97 Å². The molecule has 1 atom stereocenters. The van der Waals surface area contributed by atoms with Crippen LogP contribution in [0.5, 0.6) is 5.75 Å². The van der Waals surface area contributed by atoms with Crippen molar-refractivity contribution in [1.82, 2.24) is 0 Å². The number of carboxylic acids is 1. The van der Waals surface area contributed by atoms with Crippen molar-refractivity contribution in [3.05, 3.63) is 58.1 Å². The standard InChI is InChI=1S/C15H13Cl2NO3/c1-21-13-4-2-3-12(8-13)18-14(15(19)20)9-5-10(16)7-11(17)6-9/h2-8,14,18H,1H3,(H,19,20). The lowest BCUT2D eigenvalue weighted by Crippen LogP contribution is -2.20. The van der Waals surface area contributed by atoms with Crippen LogP contribution in [0.1, 0.15) is 11.6 Å². The van der Waals surface area contributed by atoms with Gasteiger partial charge in [-0.2, -0.15) is 0 Å². The highest BCUT2D eigenvalue weighted by molar-refractivity contribution is 6.34. The van der Waals surface area contributed by atoms with Gasteiger partial charge in [-0.3, -0.25) is 0 Å². The molecule has 4 nitrogen and oxygen atoms in total. The van der Waals surface area contributed by atoms with Gasteiger partial charge in [-0.1, -0.05) is 29.3 Å². The molecular weight excluding hydrogens is 313 g/mol. The number of anilines is 1. The molecule has 2 rings (SSSR count). The van der Waals surface area contributed by atoms with Crippen molar-refractivity contribution in [3.8, 4) is 5.75 Å². The van der Waals surface area contributed by atoms with Crippen LogP contribution in [-0.4, -0.2) is 18.2 Å². The molecule has 21 heavy (non-hydrogen) atoms. The van der Waals surface area contributed by atoms with Gasteiger partial charge in [0, 0.05) is 21.8 Å². The minimum atomic E-state index is -1.03. The van der Waals surface area contributed by atoms with Crippen LogP contribution < -0.4 is 10.1 Å². The highest BCUT2D eigenvalue weighted by Gasteiger charge is 2.20. The van der Waals surface area contributed by atoms with E-state index in [1.165, 1.54) is 0 Å². The van der Waals surface area contributed by atoms with E-state index >= 15 is 0 Å². The number of methoxy groups -OCH3 is 1. The second-order valence-electron chi connectivity index (χ2n) is 4.35. The molecule has 0 fully saturated rings. The maximum absolute atomic E-state index is 11.5. The van der Waals surface area contributed by atoms with Crippen LogP contribution in [0.2, 0.25) is 10.0 Å². The van der Waals surface area contributed by atoms with E-state index in [-0.39, 0.29) is 0 Å². The zero-order chi connectivity index (χ0) is 15.4. The Labute approximate surface area is 132 Å². The first kappa shape index (κ1) is 15.5. The molecule has 2 aromatic rings. The number of aliphatic carboxylic acids is 1. The maximum Gasteiger partial charge on any atom is 0.330 e. The summed E-state index contributed by atoms with van der Waals surface area (Å²) >= 11 is 11.8. The predicted octanol–water partition coefficient (Wildman–Crippen LogP) is 4.24. The Morgan fingerprint density at radius 1 is 1.19 bits per heavy atom. The monoisotopic (exact) mass is 325 g/mol. The largest absolute Gasteiger partial charge is 0.497 e. The van der Waals surface area contributed by atoms with Gasteiger partial charge in [0.25, 0.3) is 0 Å². The Morgan fingerprint density at radius 3 is 2.43 bits per heavy atom. The van der Waals surface area contributed by atoms with Crippen LogP contribution in [0.15, 0.2) is 42.5 Å². The number of carboxylic acid groups (broad SMARTS) is 1. The summed E-state index contributed by atoms with van der Waals surface area (Å²) in [6.45, 7) is 0. The Bertz CT molecular complexity index is 641. The minimum absolute atomic E-state index is 0.385. The molecule has 0 saturated carbocycles. The van der Waals surface area contributed by atoms with E-state index < -0.39 is 12.0 Å². The molecule has 2 aromatic carbocycles. The van der Waals surface area contributed by atoms with Gasteiger partial charge in [0.2, 0.25) is 0 Å². The zero-order valence-corrected chi connectivity index (χ0v) is 12.7. The van der Waals surface area contributed by atoms with E-state index in [1.807, 2.05) is 0 Å². The van der Waals surface area contributed by atoms with Crippen molar-refractivity contribution < 1.29 is 14.6 Å². The number of halogens is 2. The molecule has 0 aliphatic rings. The molecule has 0 amide bonds. The second kappa shape index (κ2) is 6.70. The Hall–Kier alpha value is -1.91. The summed E-state index contributed by atoms with van der Waals surface area (Å²) in [5.74, 6) is -0.399. The van der Waals surface area contributed by atoms with E-state index in [1.54, 1.807) is 49.6 Å². The lowest BCUT2D eigenvalue weighted by Gasteiger charge is -2.17. The van der Waals surface area contributed by atoms with Gasteiger partial charge in [-0.25, -0.2) is 4.79 Å². The van der Waals surface area contributed by atoms with E-state index in [9.17, 15) is 9.90 Å². The molecule has 2 N–H and O–H groups in total. The molecule has 0 heterocycles. The lowest BCUT2D eigenvalue weighted by atomic mass is 10.1. The third-order valence-corrected chi connectivity index (χ3v) is 3.28. The first-order chi connectivity index (χ1) is 9.99. The molecule has 0 aliphatic heterocycles. The number of hydrogen-bond donors (Lipinski definition) is 2. The topological polar surface area (TPSA) is 58.6 Å². The lowest BCUT2D eigenvalue weighted by molar-refractivity contribution is -0.138.